The van der Waals surface area contributed by atoms with E-state index >= 15 is 0 Å². The standard InChI is InChI=1S/C25H28N4O4S/c1-18-16-29(17-27-18)23-12-11-20(14-24(23)33-3)28-34(30,31)25-10-5-4-9-22(25)26-15-19-7-6-8-21(13-19)32-2/h4-5,8-14,16-17,26,28H,6-7,15H2,1-3H3. The van der Waals surface area contributed by atoms with E-state index in [1.807, 2.05) is 35.9 Å². The number of ether oxygens (including phenoxy) is 2. The summed E-state index contributed by atoms with van der Waals surface area (Å²) in [6.45, 7) is 2.43. The Bertz CT molecular complexity index is 1340. The van der Waals surface area contributed by atoms with Crippen molar-refractivity contribution in [2.24, 2.45) is 0 Å². The van der Waals surface area contributed by atoms with Crippen LogP contribution in [-0.2, 0) is 14.8 Å². The van der Waals surface area contributed by atoms with Crippen LogP contribution < -0.4 is 14.8 Å². The fourth-order valence-electron chi connectivity index (χ4n) is 3.79. The number of hydrogen-bond donors (Lipinski definition) is 2. The molecule has 178 valence electrons. The smallest absolute Gasteiger partial charge is 0.263 e. The van der Waals surface area contributed by atoms with E-state index in [9.17, 15) is 8.42 Å². The average molecular weight is 481 g/mol. The molecular formula is C25H28N4O4S. The van der Waals surface area contributed by atoms with Crippen molar-refractivity contribution in [1.82, 2.24) is 9.55 Å². The Morgan fingerprint density at radius 1 is 1.12 bits per heavy atom. The van der Waals surface area contributed by atoms with Crippen LogP contribution in [0, 0.1) is 6.92 Å². The third-order valence-corrected chi connectivity index (χ3v) is 6.94. The highest BCUT2D eigenvalue weighted by atomic mass is 32.2. The number of aryl methyl sites for hydroxylation is 1. The van der Waals surface area contributed by atoms with Gasteiger partial charge in [0.2, 0.25) is 0 Å². The molecule has 3 aromatic rings. The van der Waals surface area contributed by atoms with Crippen LogP contribution in [0.15, 0.2) is 83.4 Å². The summed E-state index contributed by atoms with van der Waals surface area (Å²) in [4.78, 5) is 4.40. The molecule has 1 aromatic heterocycles. The predicted molar refractivity (Wildman–Crippen MR) is 133 cm³/mol. The molecule has 0 aliphatic heterocycles. The minimum Gasteiger partial charge on any atom is -0.497 e. The van der Waals surface area contributed by atoms with Crippen LogP contribution in [0.3, 0.4) is 0 Å². The van der Waals surface area contributed by atoms with Gasteiger partial charge >= 0.3 is 0 Å². The maximum Gasteiger partial charge on any atom is 0.263 e. The van der Waals surface area contributed by atoms with E-state index in [4.69, 9.17) is 9.47 Å². The molecule has 1 aliphatic rings. The number of imidazole rings is 1. The Kier molecular flexibility index (Phi) is 6.93. The zero-order chi connectivity index (χ0) is 24.1. The number of sulfonamides is 1. The Morgan fingerprint density at radius 3 is 2.68 bits per heavy atom. The average Bonchev–Trinajstić information content (AvgIpc) is 3.28. The van der Waals surface area contributed by atoms with Gasteiger partial charge in [-0.1, -0.05) is 12.1 Å². The van der Waals surface area contributed by atoms with E-state index in [1.54, 1.807) is 56.9 Å². The minimum absolute atomic E-state index is 0.169. The molecule has 4 rings (SSSR count). The second-order valence-electron chi connectivity index (χ2n) is 7.92. The van der Waals surface area contributed by atoms with Crippen LogP contribution in [0.4, 0.5) is 11.4 Å². The van der Waals surface area contributed by atoms with Gasteiger partial charge in [-0.3, -0.25) is 4.72 Å². The number of allylic oxidation sites excluding steroid dienone is 2. The van der Waals surface area contributed by atoms with E-state index < -0.39 is 10.0 Å². The lowest BCUT2D eigenvalue weighted by Gasteiger charge is -2.17. The van der Waals surface area contributed by atoms with E-state index in [0.29, 0.717) is 23.7 Å². The first-order valence-corrected chi connectivity index (χ1v) is 12.4. The molecule has 1 aliphatic carbocycles. The third-order valence-electron chi connectivity index (χ3n) is 5.50. The Labute approximate surface area is 200 Å². The van der Waals surface area contributed by atoms with Crippen molar-refractivity contribution in [3.63, 3.8) is 0 Å². The molecule has 0 spiro atoms. The van der Waals surface area contributed by atoms with Crippen LogP contribution in [0.1, 0.15) is 18.5 Å². The van der Waals surface area contributed by atoms with Crippen molar-refractivity contribution in [3.8, 4) is 11.4 Å². The van der Waals surface area contributed by atoms with E-state index in [1.165, 1.54) is 0 Å². The molecule has 34 heavy (non-hydrogen) atoms. The van der Waals surface area contributed by atoms with E-state index in [-0.39, 0.29) is 4.90 Å². The molecule has 0 amide bonds. The second kappa shape index (κ2) is 10.0. The molecule has 0 bridgehead atoms. The molecule has 0 saturated carbocycles. The molecule has 2 N–H and O–H groups in total. The van der Waals surface area contributed by atoms with Gasteiger partial charge in [0.05, 0.1) is 43.3 Å². The summed E-state index contributed by atoms with van der Waals surface area (Å²) in [6, 6.07) is 12.0. The lowest BCUT2D eigenvalue weighted by molar-refractivity contribution is 0.303. The Balaban J connectivity index is 1.55. The Morgan fingerprint density at radius 2 is 1.94 bits per heavy atom. The summed E-state index contributed by atoms with van der Waals surface area (Å²) < 4.78 is 41.9. The number of methoxy groups -OCH3 is 2. The number of anilines is 2. The topological polar surface area (TPSA) is 94.5 Å². The predicted octanol–water partition coefficient (Wildman–Crippen LogP) is 4.65. The van der Waals surface area contributed by atoms with Crippen LogP contribution in [-0.4, -0.2) is 38.7 Å². The molecule has 8 nitrogen and oxygen atoms in total. The van der Waals surface area contributed by atoms with Gasteiger partial charge in [0.15, 0.2) is 0 Å². The molecule has 0 unspecified atom stereocenters. The normalized spacial score (nSPS) is 13.6. The summed E-state index contributed by atoms with van der Waals surface area (Å²) in [5.74, 6) is 1.35. The Hall–Kier alpha value is -3.72. The summed E-state index contributed by atoms with van der Waals surface area (Å²) >= 11 is 0. The van der Waals surface area contributed by atoms with Crippen LogP contribution >= 0.6 is 0 Å². The van der Waals surface area contributed by atoms with Gasteiger partial charge in [0.25, 0.3) is 10.0 Å². The first-order chi connectivity index (χ1) is 16.4. The second-order valence-corrected chi connectivity index (χ2v) is 9.57. The highest BCUT2D eigenvalue weighted by Crippen LogP contribution is 2.30. The quantitative estimate of drug-likeness (QED) is 0.463. The lowest BCUT2D eigenvalue weighted by atomic mass is 10.0. The summed E-state index contributed by atoms with van der Waals surface area (Å²) in [7, 11) is -0.664. The zero-order valence-electron chi connectivity index (χ0n) is 19.4. The van der Waals surface area contributed by atoms with Gasteiger partial charge in [0, 0.05) is 18.8 Å². The van der Waals surface area contributed by atoms with Crippen molar-refractivity contribution >= 4 is 21.4 Å². The number of nitrogens with zero attached hydrogens (tertiary/aromatic N) is 2. The van der Waals surface area contributed by atoms with Gasteiger partial charge < -0.3 is 19.4 Å². The van der Waals surface area contributed by atoms with Crippen molar-refractivity contribution in [2.75, 3.05) is 30.8 Å². The van der Waals surface area contributed by atoms with Crippen LogP contribution in [0.25, 0.3) is 5.69 Å². The highest BCUT2D eigenvalue weighted by Gasteiger charge is 2.20. The fourth-order valence-corrected chi connectivity index (χ4v) is 5.02. The lowest BCUT2D eigenvalue weighted by Crippen LogP contribution is -2.16. The fraction of sp³-hybridized carbons (Fsp3) is 0.240. The number of aromatic nitrogens is 2. The maximum absolute atomic E-state index is 13.3. The molecular weight excluding hydrogens is 452 g/mol. The monoisotopic (exact) mass is 480 g/mol. The molecule has 0 saturated heterocycles. The SMILES string of the molecule is COC1=CCCC(CNc2ccccc2S(=O)(=O)Nc2ccc(-n3cnc(C)c3)c(OC)c2)=C1. The van der Waals surface area contributed by atoms with Gasteiger partial charge in [-0.25, -0.2) is 13.4 Å². The number of rotatable bonds is 9. The summed E-state index contributed by atoms with van der Waals surface area (Å²) in [5, 5.41) is 3.27. The van der Waals surface area contributed by atoms with Crippen molar-refractivity contribution in [2.45, 2.75) is 24.7 Å². The summed E-state index contributed by atoms with van der Waals surface area (Å²) in [6.07, 6.45) is 9.38. The number of nitrogens with one attached hydrogen (secondary N) is 2. The van der Waals surface area contributed by atoms with Crippen molar-refractivity contribution in [1.29, 1.82) is 0 Å². The molecule has 0 radical (unpaired) electrons. The van der Waals surface area contributed by atoms with Crippen LogP contribution in [0.5, 0.6) is 5.75 Å². The summed E-state index contributed by atoms with van der Waals surface area (Å²) in [5.41, 5.74) is 3.71. The van der Waals surface area contributed by atoms with Crippen molar-refractivity contribution in [3.05, 3.63) is 84.2 Å². The number of para-hydroxylation sites is 1. The van der Waals surface area contributed by atoms with Crippen molar-refractivity contribution < 1.29 is 17.9 Å². The first kappa shape index (κ1) is 23.4. The molecule has 9 heteroatoms. The largest absolute Gasteiger partial charge is 0.497 e. The molecule has 1 heterocycles. The third kappa shape index (κ3) is 5.26. The van der Waals surface area contributed by atoms with Gasteiger partial charge in [-0.05, 0) is 61.8 Å². The van der Waals surface area contributed by atoms with E-state index in [0.717, 1.165) is 35.6 Å². The number of benzene rings is 2. The van der Waals surface area contributed by atoms with Gasteiger partial charge in [0.1, 0.15) is 16.4 Å². The maximum atomic E-state index is 13.3. The first-order valence-electron chi connectivity index (χ1n) is 10.9. The molecule has 2 aromatic carbocycles. The van der Waals surface area contributed by atoms with Crippen LogP contribution in [0.2, 0.25) is 0 Å². The minimum atomic E-state index is -3.85. The van der Waals surface area contributed by atoms with E-state index in [2.05, 4.69) is 15.0 Å². The number of hydrogen-bond acceptors (Lipinski definition) is 6. The molecule has 0 fully saturated rings. The van der Waals surface area contributed by atoms with Gasteiger partial charge in [-0.2, -0.15) is 0 Å². The zero-order valence-corrected chi connectivity index (χ0v) is 20.2. The highest BCUT2D eigenvalue weighted by molar-refractivity contribution is 7.92. The molecule has 0 atom stereocenters. The van der Waals surface area contributed by atoms with Gasteiger partial charge in [-0.15, -0.1) is 0 Å².